The van der Waals surface area contributed by atoms with E-state index in [-0.39, 0.29) is 54.3 Å². The van der Waals surface area contributed by atoms with Crippen molar-refractivity contribution in [2.45, 2.75) is 89.0 Å². The Balaban J connectivity index is 0.641. The van der Waals surface area contributed by atoms with Gasteiger partial charge in [-0.3, -0.25) is 44.1 Å². The number of aliphatic hydroxyl groups excluding tert-OH is 1. The van der Waals surface area contributed by atoms with Crippen LogP contribution in [0.2, 0.25) is 0 Å². The minimum absolute atomic E-state index is 0.00450. The third-order valence-corrected chi connectivity index (χ3v) is 14.6. The molecule has 4 aromatic rings. The number of hydrogen-bond acceptors (Lipinski definition) is 11. The first-order valence-corrected chi connectivity index (χ1v) is 23.9. The Morgan fingerprint density at radius 1 is 0.881 bits per heavy atom. The second kappa shape index (κ2) is 20.5. The average molecular weight is 918 g/mol. The summed E-state index contributed by atoms with van der Waals surface area (Å²) in [7, 11) is 0. The normalized spacial score (nSPS) is 23.3. The van der Waals surface area contributed by atoms with Gasteiger partial charge < -0.3 is 29.7 Å². The van der Waals surface area contributed by atoms with Gasteiger partial charge in [-0.2, -0.15) is 0 Å². The molecule has 5 heterocycles. The number of aliphatic hydroxyl groups is 1. The van der Waals surface area contributed by atoms with E-state index in [0.717, 1.165) is 85.2 Å². The van der Waals surface area contributed by atoms with Gasteiger partial charge in [-0.05, 0) is 104 Å². The van der Waals surface area contributed by atoms with E-state index in [1.807, 2.05) is 54.3 Å². The molecule has 3 N–H and O–H groups in total. The van der Waals surface area contributed by atoms with Crippen molar-refractivity contribution < 1.29 is 42.9 Å². The van der Waals surface area contributed by atoms with Crippen LogP contribution >= 0.6 is 0 Å². The smallest absolute Gasteiger partial charge is 0.259 e. The van der Waals surface area contributed by atoms with E-state index in [0.29, 0.717) is 69.4 Å². The Morgan fingerprint density at radius 3 is 2.39 bits per heavy atom. The number of nitrogens with zero attached hydrogens (tertiary/aromatic N) is 5. The SMILES string of the molecule is C[C@@H](C(=O)Nc1ccc(OC2CCN(C(=O)CCOCCN3CCN(c4cccc5c4C(=O)N(C4CCC(=O)NC4=O)C5O)CC3)CC2)cc1)C1CCC(c2ccnc3ccc(F)cc23)CC1. The standard InChI is InChI=1S/C51H60FN7O8/c1-32(33-5-7-34(8-6-33)39-17-21-53-42-14-9-35(52)31-41(39)42)48(62)54-36-10-12-37(13-11-36)67-38-18-22-58(23-19-38)46(61)20-29-66-30-28-56-24-26-57(27-25-56)43-4-2-3-40-47(43)51(65)59(50(40)64)44-15-16-45(60)55-49(44)63/h2-4,9-14,17,21,31-34,38,44,50,64H,5-8,15-16,18-20,22-30H2,1H3,(H,54,62)(H,55,60,63)/t32-,33?,34?,44?,50?/m1/s1. The lowest BCUT2D eigenvalue weighted by Crippen LogP contribution is -2.53. The monoisotopic (exact) mass is 917 g/mol. The van der Waals surface area contributed by atoms with E-state index in [9.17, 15) is 33.5 Å². The molecule has 1 aliphatic carbocycles. The number of rotatable bonds is 14. The van der Waals surface area contributed by atoms with Gasteiger partial charge in [0.25, 0.3) is 5.91 Å². The number of nitrogens with one attached hydrogen (secondary N) is 2. The van der Waals surface area contributed by atoms with Gasteiger partial charge in [-0.25, -0.2) is 4.39 Å². The molecule has 354 valence electrons. The Hall–Kier alpha value is -5.97. The van der Waals surface area contributed by atoms with Crippen LogP contribution in [0.5, 0.6) is 5.75 Å². The van der Waals surface area contributed by atoms with Crippen molar-refractivity contribution in [3.63, 3.8) is 0 Å². The lowest BCUT2D eigenvalue weighted by Gasteiger charge is -2.36. The van der Waals surface area contributed by atoms with Crippen molar-refractivity contribution in [3.8, 4) is 5.75 Å². The molecule has 0 spiro atoms. The largest absolute Gasteiger partial charge is 0.490 e. The van der Waals surface area contributed by atoms with Crippen LogP contribution in [0.4, 0.5) is 15.8 Å². The Kier molecular flexibility index (Phi) is 14.1. The average Bonchev–Trinajstić information content (AvgIpc) is 3.60. The molecule has 0 radical (unpaired) electrons. The van der Waals surface area contributed by atoms with Gasteiger partial charge in [-0.1, -0.05) is 19.1 Å². The van der Waals surface area contributed by atoms with E-state index in [1.54, 1.807) is 24.4 Å². The number of piperidine rings is 2. The number of benzene rings is 3. The number of hydrogen-bond donors (Lipinski definition) is 3. The molecule has 4 aliphatic heterocycles. The summed E-state index contributed by atoms with van der Waals surface area (Å²) in [6.45, 7) is 7.61. The number of fused-ring (bicyclic) bond motifs is 2. The maximum absolute atomic E-state index is 14.1. The Bertz CT molecular complexity index is 2470. The highest BCUT2D eigenvalue weighted by Gasteiger charge is 2.46. The minimum Gasteiger partial charge on any atom is -0.490 e. The summed E-state index contributed by atoms with van der Waals surface area (Å²) in [5, 5.41) is 17.3. The number of amides is 5. The molecule has 1 aromatic heterocycles. The highest BCUT2D eigenvalue weighted by Crippen LogP contribution is 2.42. The molecule has 5 amide bonds. The van der Waals surface area contributed by atoms with Crippen LogP contribution in [0, 0.1) is 17.7 Å². The van der Waals surface area contributed by atoms with E-state index < -0.39 is 24.1 Å². The first kappa shape index (κ1) is 46.2. The number of aromatic nitrogens is 1. The number of anilines is 2. The molecule has 5 aliphatic rings. The number of ether oxygens (including phenoxy) is 2. The van der Waals surface area contributed by atoms with E-state index >= 15 is 0 Å². The molecule has 15 nitrogen and oxygen atoms in total. The van der Waals surface area contributed by atoms with Crippen molar-refractivity contribution in [1.82, 2.24) is 25.0 Å². The first-order valence-electron chi connectivity index (χ1n) is 23.9. The molecular weight excluding hydrogens is 858 g/mol. The molecule has 3 saturated heterocycles. The predicted molar refractivity (Wildman–Crippen MR) is 249 cm³/mol. The zero-order valence-electron chi connectivity index (χ0n) is 38.0. The number of pyridine rings is 1. The molecule has 3 atom stereocenters. The topological polar surface area (TPSA) is 174 Å². The molecule has 9 rings (SSSR count). The molecule has 16 heteroatoms. The maximum Gasteiger partial charge on any atom is 0.259 e. The number of imide groups is 1. The van der Waals surface area contributed by atoms with Crippen LogP contribution in [-0.4, -0.2) is 125 Å². The van der Waals surface area contributed by atoms with Gasteiger partial charge in [0.2, 0.25) is 23.6 Å². The molecule has 67 heavy (non-hydrogen) atoms. The van der Waals surface area contributed by atoms with E-state index in [4.69, 9.17) is 9.47 Å². The summed E-state index contributed by atoms with van der Waals surface area (Å²) in [5.41, 5.74) is 4.28. The van der Waals surface area contributed by atoms with Gasteiger partial charge in [0.15, 0.2) is 6.23 Å². The van der Waals surface area contributed by atoms with E-state index in [2.05, 4.69) is 25.4 Å². The first-order chi connectivity index (χ1) is 32.5. The number of piperazine rings is 1. The van der Waals surface area contributed by atoms with Crippen molar-refractivity contribution in [1.29, 1.82) is 0 Å². The summed E-state index contributed by atoms with van der Waals surface area (Å²) in [6, 6.07) is 18.8. The van der Waals surface area contributed by atoms with E-state index in [1.165, 1.54) is 11.0 Å². The minimum atomic E-state index is -1.26. The van der Waals surface area contributed by atoms with Gasteiger partial charge in [-0.15, -0.1) is 0 Å². The van der Waals surface area contributed by atoms with Gasteiger partial charge in [0.1, 0.15) is 23.7 Å². The van der Waals surface area contributed by atoms with Crippen LogP contribution in [0.25, 0.3) is 10.9 Å². The molecule has 4 fully saturated rings. The Morgan fingerprint density at radius 2 is 1.64 bits per heavy atom. The van der Waals surface area contributed by atoms with Crippen molar-refractivity contribution in [2.24, 2.45) is 11.8 Å². The molecule has 3 aromatic carbocycles. The lowest BCUT2D eigenvalue weighted by atomic mass is 9.73. The highest BCUT2D eigenvalue weighted by atomic mass is 19.1. The van der Waals surface area contributed by atoms with Crippen molar-refractivity contribution >= 4 is 51.8 Å². The molecular formula is C51H60FN7O8. The fraction of sp³-hybridized carbons (Fsp3) is 0.490. The zero-order valence-corrected chi connectivity index (χ0v) is 38.0. The van der Waals surface area contributed by atoms with Crippen LogP contribution in [-0.2, 0) is 23.9 Å². The van der Waals surface area contributed by atoms with Gasteiger partial charge >= 0.3 is 0 Å². The summed E-state index contributed by atoms with van der Waals surface area (Å²) in [6.07, 6.45) is 6.35. The molecule has 1 saturated carbocycles. The number of halogens is 1. The molecule has 0 bridgehead atoms. The number of carbonyl (C=O) groups is 5. The van der Waals surface area contributed by atoms with Gasteiger partial charge in [0, 0.05) is 93.8 Å². The van der Waals surface area contributed by atoms with Crippen LogP contribution < -0.4 is 20.3 Å². The van der Waals surface area contributed by atoms with Crippen molar-refractivity contribution in [3.05, 3.63) is 95.4 Å². The Labute approximate surface area is 389 Å². The number of likely N-dealkylation sites (tertiary alicyclic amines) is 1. The van der Waals surface area contributed by atoms with Crippen LogP contribution in [0.15, 0.2) is 72.9 Å². The fourth-order valence-corrected chi connectivity index (χ4v) is 10.7. The van der Waals surface area contributed by atoms with Gasteiger partial charge in [0.05, 0.1) is 36.4 Å². The summed E-state index contributed by atoms with van der Waals surface area (Å²) in [4.78, 5) is 76.1. The molecule has 2 unspecified atom stereocenters. The zero-order chi connectivity index (χ0) is 46.6. The third kappa shape index (κ3) is 10.3. The number of carbonyl (C=O) groups excluding carboxylic acids is 5. The second-order valence-corrected chi connectivity index (χ2v) is 18.7. The van der Waals surface area contributed by atoms with Crippen LogP contribution in [0.1, 0.15) is 98.3 Å². The summed E-state index contributed by atoms with van der Waals surface area (Å²) in [5.74, 6) is -0.352. The summed E-state index contributed by atoms with van der Waals surface area (Å²) >= 11 is 0. The van der Waals surface area contributed by atoms with Crippen molar-refractivity contribution in [2.75, 3.05) is 69.2 Å². The summed E-state index contributed by atoms with van der Waals surface area (Å²) < 4.78 is 26.2. The maximum atomic E-state index is 14.1. The quantitative estimate of drug-likeness (QED) is 0.104. The highest BCUT2D eigenvalue weighted by molar-refractivity contribution is 6.08. The fourth-order valence-electron chi connectivity index (χ4n) is 10.7. The second-order valence-electron chi connectivity index (χ2n) is 18.7. The lowest BCUT2D eigenvalue weighted by molar-refractivity contribution is -0.139. The third-order valence-electron chi connectivity index (χ3n) is 14.6. The van der Waals surface area contributed by atoms with Crippen LogP contribution in [0.3, 0.4) is 0 Å². The predicted octanol–water partition coefficient (Wildman–Crippen LogP) is 5.77.